The average Bonchev–Trinajstić information content (AvgIpc) is 2.35. The third kappa shape index (κ3) is 5.46. The first-order valence-corrected chi connectivity index (χ1v) is 6.41. The monoisotopic (exact) mass is 286 g/mol. The van der Waals surface area contributed by atoms with Crippen LogP contribution in [0, 0.1) is 0 Å². The summed E-state index contributed by atoms with van der Waals surface area (Å²) >= 11 is 5.82. The molecule has 0 aliphatic heterocycles. The second-order valence-electron chi connectivity index (χ2n) is 4.37. The Kier molecular flexibility index (Phi) is 6.08. The first kappa shape index (κ1) is 15.8. The van der Waals surface area contributed by atoms with E-state index >= 15 is 0 Å². The van der Waals surface area contributed by atoms with Crippen LogP contribution in [0.2, 0.25) is 5.02 Å². The summed E-state index contributed by atoms with van der Waals surface area (Å²) in [4.78, 5) is 11.8. The van der Waals surface area contributed by atoms with Crippen molar-refractivity contribution in [3.63, 3.8) is 0 Å². The van der Waals surface area contributed by atoms with Gasteiger partial charge in [0.2, 0.25) is 0 Å². The van der Waals surface area contributed by atoms with Crippen LogP contribution in [0.25, 0.3) is 0 Å². The number of nitrogens with two attached hydrogens (primary N) is 1. The van der Waals surface area contributed by atoms with Gasteiger partial charge in [-0.25, -0.2) is 0 Å². The summed E-state index contributed by atoms with van der Waals surface area (Å²) in [6, 6.07) is 6.32. The maximum atomic E-state index is 11.8. The van der Waals surface area contributed by atoms with Gasteiger partial charge in [0, 0.05) is 17.6 Å². The highest BCUT2D eigenvalue weighted by Gasteiger charge is 2.17. The fourth-order valence-corrected chi connectivity index (χ4v) is 1.51. The lowest BCUT2D eigenvalue weighted by molar-refractivity contribution is -0.127. The second-order valence-corrected chi connectivity index (χ2v) is 4.80. The third-order valence-corrected chi connectivity index (χ3v) is 2.84. The van der Waals surface area contributed by atoms with Gasteiger partial charge >= 0.3 is 0 Å². The molecule has 1 aromatic rings. The fraction of sp³-hybridized carbons (Fsp3) is 0.462. The quantitative estimate of drug-likeness (QED) is 0.726. The van der Waals surface area contributed by atoms with E-state index in [1.165, 1.54) is 0 Å². The van der Waals surface area contributed by atoms with Crippen molar-refractivity contribution in [2.24, 2.45) is 5.73 Å². The molecule has 0 bridgehead atoms. The number of benzene rings is 1. The van der Waals surface area contributed by atoms with Gasteiger partial charge in [0.1, 0.15) is 5.75 Å². The Hall–Kier alpha value is -1.30. The van der Waals surface area contributed by atoms with Crippen LogP contribution in [0.1, 0.15) is 13.8 Å². The Labute approximate surface area is 117 Å². The maximum absolute atomic E-state index is 11.8. The highest BCUT2D eigenvalue weighted by atomic mass is 35.5. The number of carbonyl (C=O) groups is 1. The van der Waals surface area contributed by atoms with Crippen LogP contribution >= 0.6 is 11.6 Å². The van der Waals surface area contributed by atoms with Gasteiger partial charge in [0.25, 0.3) is 5.91 Å². The van der Waals surface area contributed by atoms with Crippen molar-refractivity contribution in [3.05, 3.63) is 29.3 Å². The van der Waals surface area contributed by atoms with E-state index in [9.17, 15) is 9.90 Å². The van der Waals surface area contributed by atoms with E-state index in [4.69, 9.17) is 22.1 Å². The molecule has 106 valence electrons. The molecule has 0 saturated carbocycles. The molecule has 1 rings (SSSR count). The zero-order valence-electron chi connectivity index (χ0n) is 11.0. The summed E-state index contributed by atoms with van der Waals surface area (Å²) < 4.78 is 5.45. The summed E-state index contributed by atoms with van der Waals surface area (Å²) in [5.41, 5.74) is 5.61. The predicted molar refractivity (Wildman–Crippen MR) is 74.2 cm³/mol. The number of nitrogens with one attached hydrogen (secondary N) is 1. The minimum atomic E-state index is -0.676. The number of carbonyl (C=O) groups excluding carboxylic acids is 1. The van der Waals surface area contributed by atoms with Gasteiger partial charge < -0.3 is 20.9 Å². The van der Waals surface area contributed by atoms with Crippen molar-refractivity contribution in [1.29, 1.82) is 0 Å². The molecule has 0 fully saturated rings. The number of aliphatic hydroxyl groups is 1. The summed E-state index contributed by atoms with van der Waals surface area (Å²) in [7, 11) is 0. The number of halogens is 1. The molecular formula is C13H19ClN2O3. The van der Waals surface area contributed by atoms with Crippen molar-refractivity contribution in [2.75, 3.05) is 6.54 Å². The molecule has 5 nitrogen and oxygen atoms in total. The van der Waals surface area contributed by atoms with E-state index in [1.54, 1.807) is 38.1 Å². The van der Waals surface area contributed by atoms with Gasteiger partial charge in [-0.15, -0.1) is 0 Å². The molecule has 0 radical (unpaired) electrons. The lowest BCUT2D eigenvalue weighted by Gasteiger charge is -2.18. The minimum absolute atomic E-state index is 0.194. The van der Waals surface area contributed by atoms with Gasteiger partial charge in [-0.2, -0.15) is 0 Å². The van der Waals surface area contributed by atoms with Gasteiger partial charge in [-0.1, -0.05) is 17.7 Å². The van der Waals surface area contributed by atoms with Crippen molar-refractivity contribution in [1.82, 2.24) is 5.32 Å². The molecule has 6 heteroatoms. The average molecular weight is 287 g/mol. The first-order valence-electron chi connectivity index (χ1n) is 6.03. The number of hydrogen-bond donors (Lipinski definition) is 3. The molecule has 3 atom stereocenters. The maximum Gasteiger partial charge on any atom is 0.260 e. The second kappa shape index (κ2) is 7.33. The Morgan fingerprint density at radius 1 is 1.53 bits per heavy atom. The lowest BCUT2D eigenvalue weighted by atomic mass is 10.2. The lowest BCUT2D eigenvalue weighted by Crippen LogP contribution is -2.46. The summed E-state index contributed by atoms with van der Waals surface area (Å²) in [5.74, 6) is 0.228. The number of hydrogen-bond acceptors (Lipinski definition) is 4. The minimum Gasteiger partial charge on any atom is -0.481 e. The van der Waals surface area contributed by atoms with E-state index < -0.39 is 18.2 Å². The van der Waals surface area contributed by atoms with Crippen LogP contribution in [0.3, 0.4) is 0 Å². The molecular weight excluding hydrogens is 268 g/mol. The zero-order chi connectivity index (χ0) is 14.4. The zero-order valence-corrected chi connectivity index (χ0v) is 11.7. The van der Waals surface area contributed by atoms with E-state index in [2.05, 4.69) is 5.32 Å². The van der Waals surface area contributed by atoms with Crippen molar-refractivity contribution >= 4 is 17.5 Å². The van der Waals surface area contributed by atoms with E-state index in [-0.39, 0.29) is 12.5 Å². The number of amides is 1. The highest BCUT2D eigenvalue weighted by molar-refractivity contribution is 6.30. The van der Waals surface area contributed by atoms with E-state index in [0.29, 0.717) is 10.8 Å². The van der Waals surface area contributed by atoms with Crippen molar-refractivity contribution in [2.45, 2.75) is 32.1 Å². The van der Waals surface area contributed by atoms with Crippen molar-refractivity contribution in [3.8, 4) is 5.75 Å². The van der Waals surface area contributed by atoms with Crippen molar-refractivity contribution < 1.29 is 14.6 Å². The van der Waals surface area contributed by atoms with Crippen LogP contribution in [0.4, 0.5) is 0 Å². The van der Waals surface area contributed by atoms with Crippen LogP contribution in [-0.4, -0.2) is 35.8 Å². The Bertz CT molecular complexity index is 426. The smallest absolute Gasteiger partial charge is 0.260 e. The van der Waals surface area contributed by atoms with Crippen LogP contribution in [-0.2, 0) is 4.79 Å². The molecule has 1 amide bonds. The largest absolute Gasteiger partial charge is 0.481 e. The van der Waals surface area contributed by atoms with Gasteiger partial charge in [0.15, 0.2) is 6.10 Å². The molecule has 0 saturated heterocycles. The number of aliphatic hydroxyl groups excluding tert-OH is 1. The SMILES string of the molecule is CC(Oc1cccc(Cl)c1)C(=O)NCC(N)C(C)O. The molecule has 0 spiro atoms. The van der Waals surface area contributed by atoms with Crippen LogP contribution in [0.15, 0.2) is 24.3 Å². The van der Waals surface area contributed by atoms with E-state index in [1.807, 2.05) is 0 Å². The molecule has 0 aromatic heterocycles. The third-order valence-electron chi connectivity index (χ3n) is 2.61. The van der Waals surface area contributed by atoms with Gasteiger partial charge in [-0.05, 0) is 32.0 Å². The van der Waals surface area contributed by atoms with Gasteiger partial charge in [-0.3, -0.25) is 4.79 Å². The molecule has 1 aromatic carbocycles. The first-order chi connectivity index (χ1) is 8.90. The summed E-state index contributed by atoms with van der Waals surface area (Å²) in [6.45, 7) is 3.40. The normalized spacial score (nSPS) is 15.4. The van der Waals surface area contributed by atoms with Crippen LogP contribution < -0.4 is 15.8 Å². The Morgan fingerprint density at radius 2 is 2.21 bits per heavy atom. The highest BCUT2D eigenvalue weighted by Crippen LogP contribution is 2.18. The summed E-state index contributed by atoms with van der Waals surface area (Å²) in [6.07, 6.45) is -1.34. The topological polar surface area (TPSA) is 84.6 Å². The Morgan fingerprint density at radius 3 is 2.79 bits per heavy atom. The predicted octanol–water partition coefficient (Wildman–Crippen LogP) is 0.932. The molecule has 0 aliphatic carbocycles. The molecule has 0 aliphatic rings. The number of rotatable bonds is 6. The van der Waals surface area contributed by atoms with E-state index in [0.717, 1.165) is 0 Å². The summed E-state index contributed by atoms with van der Waals surface area (Å²) in [5, 5.41) is 12.4. The molecule has 4 N–H and O–H groups in total. The van der Waals surface area contributed by atoms with Crippen LogP contribution in [0.5, 0.6) is 5.75 Å². The van der Waals surface area contributed by atoms with Gasteiger partial charge in [0.05, 0.1) is 6.10 Å². The number of ether oxygens (including phenoxy) is 1. The fourth-order valence-electron chi connectivity index (χ4n) is 1.33. The molecule has 3 unspecified atom stereocenters. The Balaban J connectivity index is 2.45. The molecule has 0 heterocycles. The standard InChI is InChI=1S/C13H19ClN2O3/c1-8(17)12(15)7-16-13(18)9(2)19-11-5-3-4-10(14)6-11/h3-6,8-9,12,17H,7,15H2,1-2H3,(H,16,18). The molecule has 19 heavy (non-hydrogen) atoms.